The molecule has 22 heavy (non-hydrogen) atoms. The van der Waals surface area contributed by atoms with Gasteiger partial charge >= 0.3 is 6.09 Å². The average molecular weight is 346 g/mol. The van der Waals surface area contributed by atoms with Crippen molar-refractivity contribution in [3.05, 3.63) is 29.8 Å². The highest BCUT2D eigenvalue weighted by atomic mass is 32.3. The van der Waals surface area contributed by atoms with Crippen molar-refractivity contribution < 1.29 is 21.6 Å². The highest BCUT2D eigenvalue weighted by Gasteiger charge is 2.24. The van der Waals surface area contributed by atoms with Gasteiger partial charge in [0.1, 0.15) is 0 Å². The Morgan fingerprint density at radius 1 is 1.14 bits per heavy atom. The quantitative estimate of drug-likeness (QED) is 0.833. The van der Waals surface area contributed by atoms with Crippen LogP contribution >= 0.6 is 0 Å². The Hall–Kier alpha value is -1.61. The van der Waals surface area contributed by atoms with Gasteiger partial charge in [-0.1, -0.05) is 21.5 Å². The Morgan fingerprint density at radius 2 is 1.68 bits per heavy atom. The predicted octanol–water partition coefficient (Wildman–Crippen LogP) is 1.93. The van der Waals surface area contributed by atoms with E-state index in [9.17, 15) is 17.4 Å². The molecule has 1 unspecified atom stereocenters. The molecule has 1 aromatic rings. The summed E-state index contributed by atoms with van der Waals surface area (Å²) in [5, 5.41) is 0. The first-order valence-corrected chi connectivity index (χ1v) is 10.0. The third-order valence-corrected chi connectivity index (χ3v) is 6.33. The van der Waals surface area contributed by atoms with Gasteiger partial charge in [-0.3, -0.25) is 0 Å². The van der Waals surface area contributed by atoms with E-state index in [0.717, 1.165) is 24.7 Å². The maximum Gasteiger partial charge on any atom is 0.424 e. The van der Waals surface area contributed by atoms with Crippen LogP contribution in [0.25, 0.3) is 0 Å². The lowest BCUT2D eigenvalue weighted by Gasteiger charge is -2.15. The molecule has 0 bridgehead atoms. The van der Waals surface area contributed by atoms with Crippen LogP contribution < -0.4 is 0 Å². The lowest BCUT2D eigenvalue weighted by molar-refractivity contribution is 0.167. The summed E-state index contributed by atoms with van der Waals surface area (Å²) in [5.41, 5.74) is 0.886. The number of amides is 1. The van der Waals surface area contributed by atoms with Crippen LogP contribution in [0.5, 0.6) is 0 Å². The average Bonchev–Trinajstić information content (AvgIpc) is 2.91. The van der Waals surface area contributed by atoms with Crippen LogP contribution in [-0.4, -0.2) is 43.0 Å². The van der Waals surface area contributed by atoms with Gasteiger partial charge in [0.15, 0.2) is 0 Å². The number of hydrogen-bond donors (Lipinski definition) is 0. The molecule has 1 saturated heterocycles. The fraction of sp³-hybridized carbons (Fsp3) is 0.462. The van der Waals surface area contributed by atoms with Gasteiger partial charge < -0.3 is 9.08 Å². The molecule has 1 aliphatic heterocycles. The minimum Gasteiger partial charge on any atom is -0.341 e. The van der Waals surface area contributed by atoms with Crippen molar-refractivity contribution in [2.24, 2.45) is 3.77 Å². The number of sulfonamides is 1. The first-order valence-electron chi connectivity index (χ1n) is 6.73. The molecule has 122 valence electrons. The standard InChI is InChI=1S/C13H18N2O5S2/c1-11-5-7-12(8-6-11)22(18,19)14-21(2,17)20-13(16)15-9-3-4-10-15/h5-8H,3-4,9-10H2,1-2H3. The van der Waals surface area contributed by atoms with Crippen LogP contribution in [0.3, 0.4) is 0 Å². The van der Waals surface area contributed by atoms with Gasteiger partial charge in [0, 0.05) is 13.1 Å². The monoisotopic (exact) mass is 346 g/mol. The Morgan fingerprint density at radius 3 is 2.23 bits per heavy atom. The first-order chi connectivity index (χ1) is 10.2. The van der Waals surface area contributed by atoms with E-state index in [-0.39, 0.29) is 4.90 Å². The van der Waals surface area contributed by atoms with Gasteiger partial charge in [0.2, 0.25) is 10.0 Å². The van der Waals surface area contributed by atoms with E-state index >= 15 is 0 Å². The van der Waals surface area contributed by atoms with Crippen molar-refractivity contribution in [3.63, 3.8) is 0 Å². The van der Waals surface area contributed by atoms with Crippen molar-refractivity contribution in [1.29, 1.82) is 0 Å². The van der Waals surface area contributed by atoms with Crippen LogP contribution in [-0.2, 0) is 24.2 Å². The zero-order valence-corrected chi connectivity index (χ0v) is 14.0. The fourth-order valence-corrected chi connectivity index (χ4v) is 4.77. The molecule has 1 aromatic carbocycles. The normalized spacial score (nSPS) is 17.8. The number of hydrogen-bond acceptors (Lipinski definition) is 5. The summed E-state index contributed by atoms with van der Waals surface area (Å²) in [6.45, 7) is 2.84. The van der Waals surface area contributed by atoms with E-state index in [4.69, 9.17) is 4.18 Å². The summed E-state index contributed by atoms with van der Waals surface area (Å²) in [4.78, 5) is 13.1. The molecule has 9 heteroatoms. The lowest BCUT2D eigenvalue weighted by atomic mass is 10.2. The zero-order chi connectivity index (χ0) is 16.4. The zero-order valence-electron chi connectivity index (χ0n) is 12.4. The second-order valence-corrected chi connectivity index (χ2v) is 8.79. The maximum absolute atomic E-state index is 12.2. The first kappa shape index (κ1) is 16.8. The van der Waals surface area contributed by atoms with E-state index in [1.165, 1.54) is 17.0 Å². The van der Waals surface area contributed by atoms with E-state index in [1.807, 2.05) is 6.92 Å². The molecule has 2 rings (SSSR count). The molecule has 0 radical (unpaired) electrons. The topological polar surface area (TPSA) is 93.1 Å². The molecule has 1 aliphatic rings. The molecular weight excluding hydrogens is 328 g/mol. The van der Waals surface area contributed by atoms with Gasteiger partial charge in [0.25, 0.3) is 10.0 Å². The molecular formula is C13H18N2O5S2. The molecule has 1 fully saturated rings. The summed E-state index contributed by atoms with van der Waals surface area (Å²) in [5.74, 6) is 0. The molecule has 7 nitrogen and oxygen atoms in total. The molecule has 1 amide bonds. The van der Waals surface area contributed by atoms with Crippen LogP contribution in [0.4, 0.5) is 4.79 Å². The SMILES string of the molecule is Cc1ccc(S(=O)(=O)N=S(C)(=O)OC(=O)N2CCCC2)cc1. The van der Waals surface area contributed by atoms with Gasteiger partial charge in [-0.25, -0.2) is 9.00 Å². The Kier molecular flexibility index (Phi) is 4.76. The van der Waals surface area contributed by atoms with E-state index in [2.05, 4.69) is 3.77 Å². The molecule has 0 aromatic heterocycles. The van der Waals surface area contributed by atoms with Crippen LogP contribution in [0.2, 0.25) is 0 Å². The number of rotatable bonds is 3. The van der Waals surface area contributed by atoms with Gasteiger partial charge in [-0.05, 0) is 31.9 Å². The van der Waals surface area contributed by atoms with Crippen LogP contribution in [0, 0.1) is 6.92 Å². The summed E-state index contributed by atoms with van der Waals surface area (Å²) < 4.78 is 44.5. The van der Waals surface area contributed by atoms with Crippen molar-refractivity contribution in [2.75, 3.05) is 19.3 Å². The smallest absolute Gasteiger partial charge is 0.341 e. The fourth-order valence-electron chi connectivity index (χ4n) is 2.03. The van der Waals surface area contributed by atoms with E-state index in [1.54, 1.807) is 12.1 Å². The number of carbonyl (C=O) groups excluding carboxylic acids is 1. The largest absolute Gasteiger partial charge is 0.424 e. The number of aryl methyl sites for hydroxylation is 1. The number of benzene rings is 1. The van der Waals surface area contributed by atoms with Crippen LogP contribution in [0.15, 0.2) is 32.9 Å². The Bertz CT molecular complexity index is 771. The summed E-state index contributed by atoms with van der Waals surface area (Å²) in [6, 6.07) is 5.95. The molecule has 0 aliphatic carbocycles. The van der Waals surface area contributed by atoms with E-state index in [0.29, 0.717) is 13.1 Å². The van der Waals surface area contributed by atoms with Crippen molar-refractivity contribution in [3.8, 4) is 0 Å². The van der Waals surface area contributed by atoms with Crippen molar-refractivity contribution in [2.45, 2.75) is 24.7 Å². The molecule has 1 heterocycles. The highest BCUT2D eigenvalue weighted by molar-refractivity contribution is 8.00. The number of nitrogens with zero attached hydrogens (tertiary/aromatic N) is 2. The second-order valence-electron chi connectivity index (χ2n) is 5.14. The third kappa shape index (κ3) is 4.20. The van der Waals surface area contributed by atoms with Crippen molar-refractivity contribution in [1.82, 2.24) is 4.90 Å². The molecule has 1 atom stereocenters. The van der Waals surface area contributed by atoms with E-state index < -0.39 is 26.1 Å². The molecule has 0 saturated carbocycles. The van der Waals surface area contributed by atoms with Gasteiger partial charge in [-0.2, -0.15) is 8.42 Å². The van der Waals surface area contributed by atoms with Crippen LogP contribution in [0.1, 0.15) is 18.4 Å². The number of likely N-dealkylation sites (tertiary alicyclic amines) is 1. The second kappa shape index (κ2) is 6.25. The highest BCUT2D eigenvalue weighted by Crippen LogP contribution is 2.16. The minimum atomic E-state index is -4.15. The third-order valence-electron chi connectivity index (χ3n) is 3.14. The van der Waals surface area contributed by atoms with Gasteiger partial charge in [-0.15, -0.1) is 0 Å². The van der Waals surface area contributed by atoms with Gasteiger partial charge in [0.05, 0.1) is 11.2 Å². The lowest BCUT2D eigenvalue weighted by Crippen LogP contribution is -2.30. The summed E-state index contributed by atoms with van der Waals surface area (Å²) in [6.07, 6.45) is 1.89. The molecule has 0 N–H and O–H groups in total. The predicted molar refractivity (Wildman–Crippen MR) is 82.1 cm³/mol. The summed E-state index contributed by atoms with van der Waals surface area (Å²) in [7, 11) is -7.79. The minimum absolute atomic E-state index is 0.0927. The number of carbonyl (C=O) groups is 1. The Labute approximate surface area is 130 Å². The maximum atomic E-state index is 12.2. The van der Waals surface area contributed by atoms with Crippen molar-refractivity contribution >= 4 is 26.1 Å². The molecule has 0 spiro atoms. The Balaban J connectivity index is 2.23. The summed E-state index contributed by atoms with van der Waals surface area (Å²) >= 11 is 0.